The number of aryl methyl sites for hydroxylation is 1. The smallest absolute Gasteiger partial charge is 0.262 e. The number of fused-ring (bicyclic) bond motifs is 1. The van der Waals surface area contributed by atoms with Crippen molar-refractivity contribution in [1.82, 2.24) is 0 Å². The van der Waals surface area contributed by atoms with Crippen molar-refractivity contribution in [3.63, 3.8) is 0 Å². The third-order valence-electron chi connectivity index (χ3n) is 4.07. The lowest BCUT2D eigenvalue weighted by molar-refractivity contribution is 0.0974. The number of hydrogen-bond acceptors (Lipinski definition) is 3. The molecule has 1 aliphatic rings. The highest BCUT2D eigenvalue weighted by atomic mass is 32.1. The Kier molecular flexibility index (Phi) is 3.58. The molecule has 1 atom stereocenters. The van der Waals surface area contributed by atoms with Crippen molar-refractivity contribution in [3.05, 3.63) is 81.8 Å². The molecular weight excluding hydrogens is 323 g/mol. The van der Waals surface area contributed by atoms with E-state index in [1.807, 2.05) is 37.3 Å². The van der Waals surface area contributed by atoms with Gasteiger partial charge in [-0.15, -0.1) is 11.3 Å². The number of carbonyl (C=O) groups excluding carboxylic acids is 1. The Morgan fingerprint density at radius 3 is 2.54 bits per heavy atom. The van der Waals surface area contributed by atoms with Crippen molar-refractivity contribution >= 4 is 28.6 Å². The largest absolute Gasteiger partial charge is 0.360 e. The average molecular weight is 338 g/mol. The lowest BCUT2D eigenvalue weighted by Gasteiger charge is -2.37. The summed E-state index contributed by atoms with van der Waals surface area (Å²) >= 11 is 1.60. The number of nitrogens with one attached hydrogen (secondary N) is 1. The van der Waals surface area contributed by atoms with Gasteiger partial charge in [0, 0.05) is 15.4 Å². The Morgan fingerprint density at radius 2 is 1.79 bits per heavy atom. The molecule has 1 N–H and O–H groups in total. The van der Waals surface area contributed by atoms with Gasteiger partial charge in [0.1, 0.15) is 12.0 Å². The highest BCUT2D eigenvalue weighted by Crippen LogP contribution is 2.39. The van der Waals surface area contributed by atoms with Crippen molar-refractivity contribution in [2.45, 2.75) is 13.1 Å². The zero-order chi connectivity index (χ0) is 16.7. The molecule has 3 aromatic rings. The van der Waals surface area contributed by atoms with Gasteiger partial charge in [-0.1, -0.05) is 24.3 Å². The second kappa shape index (κ2) is 5.76. The third kappa shape index (κ3) is 2.37. The van der Waals surface area contributed by atoms with Gasteiger partial charge in [0.2, 0.25) is 0 Å². The van der Waals surface area contributed by atoms with Crippen LogP contribution in [-0.4, -0.2) is 5.91 Å². The summed E-state index contributed by atoms with van der Waals surface area (Å²) in [5, 5.41) is 3.38. The van der Waals surface area contributed by atoms with E-state index in [0.717, 1.165) is 15.4 Å². The molecule has 0 fully saturated rings. The zero-order valence-electron chi connectivity index (χ0n) is 13.0. The minimum absolute atomic E-state index is 0.203. The van der Waals surface area contributed by atoms with E-state index in [0.29, 0.717) is 5.56 Å². The number of amides is 1. The summed E-state index contributed by atoms with van der Waals surface area (Å²) in [6, 6.07) is 17.7. The molecule has 0 spiro atoms. The molecule has 1 aliphatic heterocycles. The van der Waals surface area contributed by atoms with Gasteiger partial charge in [0.05, 0.1) is 11.3 Å². The van der Waals surface area contributed by atoms with Crippen LogP contribution >= 0.6 is 11.3 Å². The highest BCUT2D eigenvalue weighted by Gasteiger charge is 2.35. The van der Waals surface area contributed by atoms with Crippen molar-refractivity contribution < 1.29 is 9.18 Å². The van der Waals surface area contributed by atoms with E-state index in [1.54, 1.807) is 35.6 Å². The van der Waals surface area contributed by atoms with E-state index < -0.39 is 12.0 Å². The lowest BCUT2D eigenvalue weighted by Crippen LogP contribution is -2.43. The van der Waals surface area contributed by atoms with Crippen LogP contribution < -0.4 is 10.2 Å². The number of thiophene rings is 1. The Bertz CT molecular complexity index is 921. The molecule has 4 rings (SSSR count). The predicted octanol–water partition coefficient (Wildman–Crippen LogP) is 4.97. The van der Waals surface area contributed by atoms with Crippen LogP contribution in [0.25, 0.3) is 0 Å². The standard InChI is InChI=1S/C19H15FN2OS/c1-12-10-11-17(24-12)18-21-15-8-4-2-6-13(15)19(23)22(18)16-9-5-3-7-14(16)20/h2-11,18,21H,1H3. The summed E-state index contributed by atoms with van der Waals surface area (Å²) < 4.78 is 14.4. The minimum atomic E-state index is -0.428. The van der Waals surface area contributed by atoms with Gasteiger partial charge in [-0.05, 0) is 43.3 Å². The van der Waals surface area contributed by atoms with Crippen LogP contribution in [0, 0.1) is 12.7 Å². The Morgan fingerprint density at radius 1 is 1.04 bits per heavy atom. The number of carbonyl (C=O) groups is 1. The number of rotatable bonds is 2. The Hall–Kier alpha value is -2.66. The van der Waals surface area contributed by atoms with E-state index in [9.17, 15) is 9.18 Å². The van der Waals surface area contributed by atoms with Crippen LogP contribution in [0.1, 0.15) is 26.3 Å². The van der Waals surface area contributed by atoms with Gasteiger partial charge < -0.3 is 5.32 Å². The van der Waals surface area contributed by atoms with E-state index in [1.165, 1.54) is 11.0 Å². The van der Waals surface area contributed by atoms with Gasteiger partial charge in [0.25, 0.3) is 5.91 Å². The van der Waals surface area contributed by atoms with Crippen LogP contribution in [0.3, 0.4) is 0 Å². The summed E-state index contributed by atoms with van der Waals surface area (Å²) in [5.41, 5.74) is 1.59. The first-order valence-corrected chi connectivity index (χ1v) is 8.47. The first-order chi connectivity index (χ1) is 11.6. The van der Waals surface area contributed by atoms with Gasteiger partial charge in [-0.3, -0.25) is 9.69 Å². The second-order valence-electron chi connectivity index (χ2n) is 5.67. The molecule has 2 aromatic carbocycles. The number of para-hydroxylation sites is 2. The number of anilines is 2. The normalized spacial score (nSPS) is 16.7. The van der Waals surface area contributed by atoms with Gasteiger partial charge in [-0.2, -0.15) is 0 Å². The van der Waals surface area contributed by atoms with E-state index in [-0.39, 0.29) is 11.6 Å². The van der Waals surface area contributed by atoms with E-state index in [2.05, 4.69) is 5.32 Å². The number of halogens is 1. The summed E-state index contributed by atoms with van der Waals surface area (Å²) in [6.45, 7) is 2.01. The molecule has 3 nitrogen and oxygen atoms in total. The molecule has 0 aliphatic carbocycles. The topological polar surface area (TPSA) is 32.3 Å². The first kappa shape index (κ1) is 14.9. The summed E-state index contributed by atoms with van der Waals surface area (Å²) in [6.07, 6.45) is -0.428. The number of nitrogens with zero attached hydrogens (tertiary/aromatic N) is 1. The molecule has 1 aromatic heterocycles. The fraction of sp³-hybridized carbons (Fsp3) is 0.105. The summed E-state index contributed by atoms with van der Waals surface area (Å²) in [7, 11) is 0. The van der Waals surface area contributed by atoms with Crippen LogP contribution in [0.5, 0.6) is 0 Å². The van der Waals surface area contributed by atoms with Crippen molar-refractivity contribution in [3.8, 4) is 0 Å². The SMILES string of the molecule is Cc1ccc(C2Nc3ccccc3C(=O)N2c2ccccc2F)s1. The first-order valence-electron chi connectivity index (χ1n) is 7.65. The van der Waals surface area contributed by atoms with Gasteiger partial charge in [0.15, 0.2) is 0 Å². The number of hydrogen-bond donors (Lipinski definition) is 1. The molecule has 120 valence electrons. The van der Waals surface area contributed by atoms with E-state index in [4.69, 9.17) is 0 Å². The molecule has 2 heterocycles. The minimum Gasteiger partial charge on any atom is -0.360 e. The zero-order valence-corrected chi connectivity index (χ0v) is 13.8. The van der Waals surface area contributed by atoms with Crippen LogP contribution in [-0.2, 0) is 0 Å². The molecule has 0 saturated heterocycles. The molecule has 0 radical (unpaired) electrons. The number of benzene rings is 2. The van der Waals surface area contributed by atoms with E-state index >= 15 is 0 Å². The third-order valence-corrected chi connectivity index (χ3v) is 5.12. The molecule has 24 heavy (non-hydrogen) atoms. The quantitative estimate of drug-likeness (QED) is 0.716. The Balaban J connectivity index is 1.89. The van der Waals surface area contributed by atoms with Crippen molar-refractivity contribution in [2.24, 2.45) is 0 Å². The summed E-state index contributed by atoms with van der Waals surface area (Å²) in [5.74, 6) is -0.615. The second-order valence-corrected chi connectivity index (χ2v) is 6.99. The van der Waals surface area contributed by atoms with Gasteiger partial charge >= 0.3 is 0 Å². The average Bonchev–Trinajstić information content (AvgIpc) is 3.02. The van der Waals surface area contributed by atoms with Crippen LogP contribution in [0.15, 0.2) is 60.7 Å². The van der Waals surface area contributed by atoms with Crippen LogP contribution in [0.2, 0.25) is 0 Å². The van der Waals surface area contributed by atoms with Gasteiger partial charge in [-0.25, -0.2) is 4.39 Å². The molecular formula is C19H15FN2OS. The predicted molar refractivity (Wildman–Crippen MR) is 95.1 cm³/mol. The molecule has 5 heteroatoms. The van der Waals surface area contributed by atoms with Crippen molar-refractivity contribution in [1.29, 1.82) is 0 Å². The maximum Gasteiger partial charge on any atom is 0.262 e. The molecule has 0 bridgehead atoms. The fourth-order valence-corrected chi connectivity index (χ4v) is 3.87. The monoisotopic (exact) mass is 338 g/mol. The van der Waals surface area contributed by atoms with Crippen LogP contribution in [0.4, 0.5) is 15.8 Å². The lowest BCUT2D eigenvalue weighted by atomic mass is 10.1. The molecule has 0 saturated carbocycles. The molecule has 1 unspecified atom stereocenters. The fourth-order valence-electron chi connectivity index (χ4n) is 2.95. The molecule has 1 amide bonds. The van der Waals surface area contributed by atoms with Crippen molar-refractivity contribution in [2.75, 3.05) is 10.2 Å². The Labute approximate surface area is 143 Å². The highest BCUT2D eigenvalue weighted by molar-refractivity contribution is 7.12. The maximum atomic E-state index is 14.4. The maximum absolute atomic E-state index is 14.4. The summed E-state index contributed by atoms with van der Waals surface area (Å²) in [4.78, 5) is 16.7.